The van der Waals surface area contributed by atoms with Crippen LogP contribution in [0.4, 0.5) is 5.95 Å². The van der Waals surface area contributed by atoms with E-state index >= 15 is 0 Å². The van der Waals surface area contributed by atoms with E-state index in [2.05, 4.69) is 20.6 Å². The maximum atomic E-state index is 13.2. The number of carbonyl (C=O) groups excluding carboxylic acids is 3. The van der Waals surface area contributed by atoms with Gasteiger partial charge in [0.1, 0.15) is 12.8 Å². The van der Waals surface area contributed by atoms with Crippen molar-refractivity contribution >= 4 is 35.6 Å². The number of amides is 2. The molecule has 2 aliphatic rings. The van der Waals surface area contributed by atoms with Crippen LogP contribution in [-0.4, -0.2) is 58.8 Å². The SMILES string of the molecule is C[C@@H](NC(=O)CN1Cc2ccc(-c3nc(NC4CCOCC4)ncc3Cl)cc2C1=O)c1cccc(C=O)c1. The molecule has 2 aliphatic heterocycles. The molecule has 3 heterocycles. The number of benzene rings is 2. The summed E-state index contributed by atoms with van der Waals surface area (Å²) < 4.78 is 5.41. The lowest BCUT2D eigenvalue weighted by Crippen LogP contribution is -2.38. The maximum absolute atomic E-state index is 13.2. The Morgan fingerprint density at radius 1 is 1.24 bits per heavy atom. The number of hydrogen-bond donors (Lipinski definition) is 2. The molecule has 0 radical (unpaired) electrons. The van der Waals surface area contributed by atoms with Crippen LogP contribution >= 0.6 is 11.6 Å². The number of halogens is 1. The lowest BCUT2D eigenvalue weighted by atomic mass is 10.0. The first-order valence-corrected chi connectivity index (χ1v) is 12.9. The zero-order valence-corrected chi connectivity index (χ0v) is 21.7. The summed E-state index contributed by atoms with van der Waals surface area (Å²) in [6, 6.07) is 12.5. The van der Waals surface area contributed by atoms with Crippen LogP contribution in [0.25, 0.3) is 11.3 Å². The Balaban J connectivity index is 1.26. The summed E-state index contributed by atoms with van der Waals surface area (Å²) in [5.41, 5.74) is 3.96. The van der Waals surface area contributed by atoms with Gasteiger partial charge in [-0.05, 0) is 43.0 Å². The summed E-state index contributed by atoms with van der Waals surface area (Å²) in [6.45, 7) is 3.50. The molecule has 1 atom stereocenters. The van der Waals surface area contributed by atoms with E-state index in [-0.39, 0.29) is 30.4 Å². The van der Waals surface area contributed by atoms with E-state index in [4.69, 9.17) is 16.3 Å². The van der Waals surface area contributed by atoms with Crippen LogP contribution in [0.15, 0.2) is 48.7 Å². The van der Waals surface area contributed by atoms with Crippen LogP contribution in [0.3, 0.4) is 0 Å². The molecule has 3 aromatic rings. The van der Waals surface area contributed by atoms with Crippen molar-refractivity contribution in [1.82, 2.24) is 20.2 Å². The third-order valence-electron chi connectivity index (χ3n) is 6.82. The lowest BCUT2D eigenvalue weighted by molar-refractivity contribution is -0.122. The first-order valence-electron chi connectivity index (χ1n) is 12.5. The zero-order valence-electron chi connectivity index (χ0n) is 20.9. The van der Waals surface area contributed by atoms with Crippen LogP contribution in [0, 0.1) is 0 Å². The number of rotatable bonds is 8. The van der Waals surface area contributed by atoms with Gasteiger partial charge in [-0.3, -0.25) is 14.4 Å². The van der Waals surface area contributed by atoms with Crippen molar-refractivity contribution in [2.75, 3.05) is 25.1 Å². The predicted octanol–water partition coefficient (Wildman–Crippen LogP) is 4.03. The van der Waals surface area contributed by atoms with E-state index in [0.29, 0.717) is 53.1 Å². The van der Waals surface area contributed by atoms with E-state index < -0.39 is 0 Å². The Kier molecular flexibility index (Phi) is 7.67. The first-order chi connectivity index (χ1) is 18.4. The zero-order chi connectivity index (χ0) is 26.6. The molecular formula is C28H28ClN5O4. The van der Waals surface area contributed by atoms with E-state index in [1.165, 1.54) is 4.90 Å². The molecule has 1 aromatic heterocycles. The van der Waals surface area contributed by atoms with Gasteiger partial charge in [0.05, 0.1) is 23.0 Å². The molecular weight excluding hydrogens is 506 g/mol. The highest BCUT2D eigenvalue weighted by Crippen LogP contribution is 2.31. The van der Waals surface area contributed by atoms with E-state index in [1.54, 1.807) is 30.5 Å². The molecule has 0 unspecified atom stereocenters. The third-order valence-corrected chi connectivity index (χ3v) is 7.10. The van der Waals surface area contributed by atoms with Crippen LogP contribution in [0.1, 0.15) is 57.7 Å². The third kappa shape index (κ3) is 5.69. The second-order valence-electron chi connectivity index (χ2n) is 9.53. The van der Waals surface area contributed by atoms with E-state index in [0.717, 1.165) is 30.3 Å². The molecule has 10 heteroatoms. The van der Waals surface area contributed by atoms with Crippen molar-refractivity contribution in [3.05, 3.63) is 75.9 Å². The van der Waals surface area contributed by atoms with Gasteiger partial charge in [-0.15, -0.1) is 0 Å². The van der Waals surface area contributed by atoms with Gasteiger partial charge in [-0.1, -0.05) is 41.9 Å². The van der Waals surface area contributed by atoms with Gasteiger partial charge in [0.2, 0.25) is 11.9 Å². The molecule has 5 rings (SSSR count). The average molecular weight is 534 g/mol. The molecule has 0 spiro atoms. The first kappa shape index (κ1) is 25.8. The van der Waals surface area contributed by atoms with Gasteiger partial charge in [-0.2, -0.15) is 0 Å². The number of hydrogen-bond acceptors (Lipinski definition) is 7. The van der Waals surface area contributed by atoms with Gasteiger partial charge in [-0.25, -0.2) is 9.97 Å². The molecule has 0 bridgehead atoms. The van der Waals surface area contributed by atoms with Gasteiger partial charge in [0.15, 0.2) is 0 Å². The Morgan fingerprint density at radius 2 is 2.05 bits per heavy atom. The van der Waals surface area contributed by atoms with Gasteiger partial charge in [0, 0.05) is 42.5 Å². The van der Waals surface area contributed by atoms with Crippen molar-refractivity contribution < 1.29 is 19.1 Å². The quantitative estimate of drug-likeness (QED) is 0.420. The Bertz CT molecular complexity index is 1380. The van der Waals surface area contributed by atoms with E-state index in [1.807, 2.05) is 25.1 Å². The standard InChI is InChI=1S/C28H28ClN5O4/c1-17(19-4-2-3-18(11-19)16-35)31-25(36)15-34-14-21-6-5-20(12-23(21)27(34)37)26-24(29)13-30-28(33-26)32-22-7-9-38-10-8-22/h2-6,11-13,16-17,22H,7-10,14-15H2,1H3,(H,31,36)(H,30,32,33)/t17-/m1/s1. The highest BCUT2D eigenvalue weighted by Gasteiger charge is 2.30. The van der Waals surface area contributed by atoms with Gasteiger partial charge in [0.25, 0.3) is 5.91 Å². The average Bonchev–Trinajstić information content (AvgIpc) is 3.24. The molecule has 1 saturated heterocycles. The Labute approximate surface area is 225 Å². The van der Waals surface area contributed by atoms with Crippen LogP contribution in [0.5, 0.6) is 0 Å². The minimum Gasteiger partial charge on any atom is -0.381 e. The number of carbonyl (C=O) groups is 3. The predicted molar refractivity (Wildman–Crippen MR) is 143 cm³/mol. The largest absolute Gasteiger partial charge is 0.381 e. The van der Waals surface area contributed by atoms with Gasteiger partial charge >= 0.3 is 0 Å². The number of nitrogens with one attached hydrogen (secondary N) is 2. The number of aromatic nitrogens is 2. The number of ether oxygens (including phenoxy) is 1. The summed E-state index contributed by atoms with van der Waals surface area (Å²) in [4.78, 5) is 47.4. The van der Waals surface area contributed by atoms with Gasteiger partial charge < -0.3 is 20.3 Å². The summed E-state index contributed by atoms with van der Waals surface area (Å²) in [6.07, 6.45) is 4.08. The number of nitrogens with zero attached hydrogens (tertiary/aromatic N) is 3. The molecule has 1 fully saturated rings. The van der Waals surface area contributed by atoms with Crippen LogP contribution < -0.4 is 10.6 Å². The lowest BCUT2D eigenvalue weighted by Gasteiger charge is -2.23. The van der Waals surface area contributed by atoms with E-state index in [9.17, 15) is 14.4 Å². The fourth-order valence-corrected chi connectivity index (χ4v) is 4.95. The number of fused-ring (bicyclic) bond motifs is 1. The summed E-state index contributed by atoms with van der Waals surface area (Å²) >= 11 is 6.44. The molecule has 0 aliphatic carbocycles. The fourth-order valence-electron chi connectivity index (χ4n) is 4.75. The van der Waals surface area contributed by atoms with Crippen molar-refractivity contribution in [2.24, 2.45) is 0 Å². The highest BCUT2D eigenvalue weighted by molar-refractivity contribution is 6.33. The summed E-state index contributed by atoms with van der Waals surface area (Å²) in [5, 5.41) is 6.64. The van der Waals surface area contributed by atoms with Crippen molar-refractivity contribution in [3.63, 3.8) is 0 Å². The van der Waals surface area contributed by atoms with Crippen molar-refractivity contribution in [1.29, 1.82) is 0 Å². The second-order valence-corrected chi connectivity index (χ2v) is 9.94. The Hall–Kier alpha value is -3.82. The summed E-state index contributed by atoms with van der Waals surface area (Å²) in [5.74, 6) is -0.0226. The monoisotopic (exact) mass is 533 g/mol. The van der Waals surface area contributed by atoms with Crippen molar-refractivity contribution in [3.8, 4) is 11.3 Å². The number of aldehydes is 1. The Morgan fingerprint density at radius 3 is 2.84 bits per heavy atom. The number of anilines is 1. The second kappa shape index (κ2) is 11.3. The minimum absolute atomic E-state index is 0.0754. The smallest absolute Gasteiger partial charge is 0.254 e. The maximum Gasteiger partial charge on any atom is 0.254 e. The van der Waals surface area contributed by atoms with Crippen LogP contribution in [0.2, 0.25) is 5.02 Å². The minimum atomic E-state index is -0.307. The molecule has 2 amide bonds. The fraction of sp³-hybridized carbons (Fsp3) is 0.321. The topological polar surface area (TPSA) is 114 Å². The molecule has 2 N–H and O–H groups in total. The molecule has 0 saturated carbocycles. The van der Waals surface area contributed by atoms with Crippen LogP contribution in [-0.2, 0) is 16.1 Å². The highest BCUT2D eigenvalue weighted by atomic mass is 35.5. The van der Waals surface area contributed by atoms with Crippen molar-refractivity contribution in [2.45, 2.75) is 38.4 Å². The molecule has 9 nitrogen and oxygen atoms in total. The summed E-state index contributed by atoms with van der Waals surface area (Å²) in [7, 11) is 0. The molecule has 196 valence electrons. The normalized spacial score (nSPS) is 16.2. The molecule has 2 aromatic carbocycles. The molecule has 38 heavy (non-hydrogen) atoms.